The molecular formula is C32H33N3O3. The van der Waals surface area contributed by atoms with Crippen LogP contribution in [0, 0.1) is 0 Å². The van der Waals surface area contributed by atoms with E-state index < -0.39 is 0 Å². The van der Waals surface area contributed by atoms with Crippen molar-refractivity contribution in [3.63, 3.8) is 0 Å². The van der Waals surface area contributed by atoms with Crippen molar-refractivity contribution in [1.82, 2.24) is 4.90 Å². The highest BCUT2D eigenvalue weighted by molar-refractivity contribution is 6.03. The normalized spacial score (nSPS) is 16.4. The summed E-state index contributed by atoms with van der Waals surface area (Å²) in [7, 11) is 3.33. The van der Waals surface area contributed by atoms with Gasteiger partial charge in [0.1, 0.15) is 11.5 Å². The van der Waals surface area contributed by atoms with Crippen molar-refractivity contribution in [2.45, 2.75) is 24.8 Å². The summed E-state index contributed by atoms with van der Waals surface area (Å²) in [5.41, 5.74) is 4.19. The highest BCUT2D eigenvalue weighted by atomic mass is 16.5. The highest BCUT2D eigenvalue weighted by Crippen LogP contribution is 2.48. The maximum Gasteiger partial charge on any atom is 0.326 e. The Morgan fingerprint density at radius 1 is 0.842 bits per heavy atom. The van der Waals surface area contributed by atoms with Gasteiger partial charge in [-0.1, -0.05) is 36.4 Å². The van der Waals surface area contributed by atoms with Gasteiger partial charge in [-0.2, -0.15) is 0 Å². The second-order valence-electron chi connectivity index (χ2n) is 10.4. The minimum absolute atomic E-state index is 0.0823. The molecular weight excluding hydrogens is 474 g/mol. The third-order valence-electron chi connectivity index (χ3n) is 8.15. The molecule has 6 rings (SSSR count). The van der Waals surface area contributed by atoms with Crippen LogP contribution >= 0.6 is 0 Å². The Hall–Kier alpha value is -4.03. The molecule has 2 aliphatic rings. The Bertz CT molecular complexity index is 1460. The summed E-state index contributed by atoms with van der Waals surface area (Å²) < 4.78 is 10.8. The van der Waals surface area contributed by atoms with E-state index in [0.717, 1.165) is 55.3 Å². The van der Waals surface area contributed by atoms with Crippen molar-refractivity contribution < 1.29 is 14.3 Å². The maximum atomic E-state index is 13.5. The second kappa shape index (κ2) is 10.0. The van der Waals surface area contributed by atoms with Crippen molar-refractivity contribution >= 4 is 28.2 Å². The lowest BCUT2D eigenvalue weighted by Gasteiger charge is -2.40. The molecule has 0 bridgehead atoms. The number of urea groups is 1. The zero-order valence-electron chi connectivity index (χ0n) is 21.9. The van der Waals surface area contributed by atoms with Gasteiger partial charge in [0, 0.05) is 29.9 Å². The van der Waals surface area contributed by atoms with Crippen molar-refractivity contribution in [2.24, 2.45) is 0 Å². The molecule has 6 heteroatoms. The van der Waals surface area contributed by atoms with Crippen molar-refractivity contribution in [1.29, 1.82) is 0 Å². The first-order valence-corrected chi connectivity index (χ1v) is 13.2. The smallest absolute Gasteiger partial charge is 0.326 e. The molecule has 0 aliphatic carbocycles. The van der Waals surface area contributed by atoms with Gasteiger partial charge >= 0.3 is 6.03 Å². The van der Waals surface area contributed by atoms with Crippen molar-refractivity contribution in [2.75, 3.05) is 44.1 Å². The molecule has 38 heavy (non-hydrogen) atoms. The van der Waals surface area contributed by atoms with Gasteiger partial charge in [0.2, 0.25) is 0 Å². The summed E-state index contributed by atoms with van der Waals surface area (Å²) in [6.07, 6.45) is 1.99. The number of rotatable bonds is 5. The summed E-state index contributed by atoms with van der Waals surface area (Å²) in [6.45, 7) is 3.57. The standard InChI is InChI=1S/C32H33N3O3/c1-37-27-11-9-26(10-12-27)33-31(36)35-22-32(29-20-28(38-2)13-14-30(29)35)15-17-34(18-16-32)21-23-7-8-24-5-3-4-6-25(24)19-23/h3-14,19-20H,15-18,21-22H2,1-2H3,(H,33,36). The molecule has 2 aliphatic heterocycles. The predicted molar refractivity (Wildman–Crippen MR) is 152 cm³/mol. The van der Waals surface area contributed by atoms with E-state index in [1.54, 1.807) is 14.2 Å². The van der Waals surface area contributed by atoms with E-state index in [2.05, 4.69) is 58.7 Å². The number of ether oxygens (including phenoxy) is 2. The Kier molecular flexibility index (Phi) is 6.42. The van der Waals surface area contributed by atoms with Crippen LogP contribution in [0.4, 0.5) is 16.2 Å². The summed E-state index contributed by atoms with van der Waals surface area (Å²) in [4.78, 5) is 17.9. The predicted octanol–water partition coefficient (Wildman–Crippen LogP) is 6.44. The fourth-order valence-corrected chi connectivity index (χ4v) is 5.98. The average Bonchev–Trinajstić information content (AvgIpc) is 3.28. The number of nitrogens with zero attached hydrogens (tertiary/aromatic N) is 2. The Balaban J connectivity index is 1.20. The van der Waals surface area contributed by atoms with Gasteiger partial charge in [0.15, 0.2) is 0 Å². The van der Waals surface area contributed by atoms with E-state index in [0.29, 0.717) is 6.54 Å². The Morgan fingerprint density at radius 2 is 1.55 bits per heavy atom. The topological polar surface area (TPSA) is 54.0 Å². The zero-order chi connectivity index (χ0) is 26.1. The third-order valence-corrected chi connectivity index (χ3v) is 8.15. The van der Waals surface area contributed by atoms with E-state index in [1.165, 1.54) is 21.9 Å². The molecule has 194 valence electrons. The van der Waals surface area contributed by atoms with E-state index in [1.807, 2.05) is 41.3 Å². The maximum absolute atomic E-state index is 13.5. The van der Waals surface area contributed by atoms with Crippen molar-refractivity contribution in [3.05, 3.63) is 96.1 Å². The molecule has 2 amide bonds. The minimum atomic E-state index is -0.114. The Morgan fingerprint density at radius 3 is 2.29 bits per heavy atom. The van der Waals surface area contributed by atoms with Gasteiger partial charge in [0.05, 0.1) is 14.2 Å². The first kappa shape index (κ1) is 24.3. The van der Waals surface area contributed by atoms with E-state index in [-0.39, 0.29) is 11.4 Å². The quantitative estimate of drug-likeness (QED) is 0.338. The number of benzene rings is 4. The van der Waals surface area contributed by atoms with Crippen LogP contribution < -0.4 is 19.7 Å². The number of fused-ring (bicyclic) bond motifs is 3. The molecule has 1 N–H and O–H groups in total. The number of likely N-dealkylation sites (tertiary alicyclic amines) is 1. The van der Waals surface area contributed by atoms with Crippen LogP contribution in [0.5, 0.6) is 11.5 Å². The van der Waals surface area contributed by atoms with Gasteiger partial charge in [-0.15, -0.1) is 0 Å². The van der Waals surface area contributed by atoms with Crippen LogP contribution in [0.1, 0.15) is 24.0 Å². The molecule has 1 spiro atoms. The van der Waals surface area contributed by atoms with Gasteiger partial charge < -0.3 is 14.8 Å². The van der Waals surface area contributed by atoms with Crippen LogP contribution in [-0.4, -0.2) is 44.8 Å². The molecule has 1 fully saturated rings. The van der Waals surface area contributed by atoms with Crippen LogP contribution in [0.15, 0.2) is 84.9 Å². The van der Waals surface area contributed by atoms with E-state index in [9.17, 15) is 4.79 Å². The third kappa shape index (κ3) is 4.56. The largest absolute Gasteiger partial charge is 0.497 e. The van der Waals surface area contributed by atoms with Gasteiger partial charge in [-0.25, -0.2) is 4.79 Å². The second-order valence-corrected chi connectivity index (χ2v) is 10.4. The van der Waals surface area contributed by atoms with Crippen LogP contribution in [0.25, 0.3) is 10.8 Å². The lowest BCUT2D eigenvalue weighted by atomic mass is 9.74. The molecule has 0 unspecified atom stereocenters. The molecule has 1 saturated heterocycles. The minimum Gasteiger partial charge on any atom is -0.497 e. The van der Waals surface area contributed by atoms with E-state index >= 15 is 0 Å². The van der Waals surface area contributed by atoms with Crippen molar-refractivity contribution in [3.8, 4) is 11.5 Å². The number of methoxy groups -OCH3 is 2. The van der Waals surface area contributed by atoms with Crippen LogP contribution in [-0.2, 0) is 12.0 Å². The molecule has 6 nitrogen and oxygen atoms in total. The number of nitrogens with one attached hydrogen (secondary N) is 1. The monoisotopic (exact) mass is 507 g/mol. The molecule has 0 atom stereocenters. The molecule has 2 heterocycles. The number of carbonyl (C=O) groups is 1. The van der Waals surface area contributed by atoms with Crippen LogP contribution in [0.2, 0.25) is 0 Å². The summed E-state index contributed by atoms with van der Waals surface area (Å²) in [6, 6.07) is 28.7. The lowest BCUT2D eigenvalue weighted by molar-refractivity contribution is 0.160. The number of piperidine rings is 1. The van der Waals surface area contributed by atoms with Crippen LogP contribution in [0.3, 0.4) is 0 Å². The molecule has 4 aromatic carbocycles. The molecule has 0 saturated carbocycles. The SMILES string of the molecule is COc1ccc(NC(=O)N2CC3(CCN(Cc4ccc5ccccc5c4)CC3)c3cc(OC)ccc32)cc1. The van der Waals surface area contributed by atoms with E-state index in [4.69, 9.17) is 9.47 Å². The zero-order valence-corrected chi connectivity index (χ0v) is 21.9. The number of anilines is 2. The summed E-state index contributed by atoms with van der Waals surface area (Å²) >= 11 is 0. The number of hydrogen-bond donors (Lipinski definition) is 1. The number of carbonyl (C=O) groups excluding carboxylic acids is 1. The first-order chi connectivity index (χ1) is 18.6. The number of hydrogen-bond acceptors (Lipinski definition) is 4. The Labute approximate surface area is 223 Å². The number of amides is 2. The fraction of sp³-hybridized carbons (Fsp3) is 0.281. The van der Waals surface area contributed by atoms with Gasteiger partial charge in [-0.3, -0.25) is 9.80 Å². The highest BCUT2D eigenvalue weighted by Gasteiger charge is 2.46. The fourth-order valence-electron chi connectivity index (χ4n) is 5.98. The van der Waals surface area contributed by atoms with Gasteiger partial charge in [0.25, 0.3) is 0 Å². The summed E-state index contributed by atoms with van der Waals surface area (Å²) in [5.74, 6) is 1.59. The molecule has 0 radical (unpaired) electrons. The molecule has 0 aromatic heterocycles. The summed E-state index contributed by atoms with van der Waals surface area (Å²) in [5, 5.41) is 5.63. The average molecular weight is 508 g/mol. The van der Waals surface area contributed by atoms with Gasteiger partial charge in [-0.05, 0) is 96.4 Å². The first-order valence-electron chi connectivity index (χ1n) is 13.2. The lowest BCUT2D eigenvalue weighted by Crippen LogP contribution is -2.46. The molecule has 4 aromatic rings.